The second kappa shape index (κ2) is 26.3. The Morgan fingerprint density at radius 1 is 0.134 bits per heavy atom. The monoisotopic (exact) mass is 1230 g/mol. The molecule has 0 bridgehead atoms. The van der Waals surface area contributed by atoms with Gasteiger partial charge in [-0.1, -0.05) is 381 Å². The summed E-state index contributed by atoms with van der Waals surface area (Å²) in [5.41, 5.74) is 24.2. The van der Waals surface area contributed by atoms with Crippen LogP contribution in [0, 0.1) is 20.8 Å². The molecule has 0 amide bonds. The lowest BCUT2D eigenvalue weighted by Crippen LogP contribution is -1.92. The number of aryl methyl sites for hydroxylation is 3. The van der Waals surface area contributed by atoms with Gasteiger partial charge in [0.1, 0.15) is 0 Å². The lowest BCUT2D eigenvalue weighted by molar-refractivity contribution is 1.51. The molecule has 0 saturated heterocycles. The van der Waals surface area contributed by atoms with Crippen LogP contribution in [0.15, 0.2) is 370 Å². The summed E-state index contributed by atoms with van der Waals surface area (Å²) in [5, 5.41) is 18.2. The predicted molar refractivity (Wildman–Crippen MR) is 420 cm³/mol. The van der Waals surface area contributed by atoms with E-state index in [1.807, 2.05) is 0 Å². The third-order valence-corrected chi connectivity index (χ3v) is 19.3. The standard InChI is InChI=1S/2C33H24.C31H22/c1-23-17-19-28-30(21-23)33(26-15-9-4-10-16-26)31-22-27(24-11-5-2-6-12-24)18-20-29(31)32(28)25-13-7-3-8-14-25;1-23-16-21-30-31(22-23)33(26-12-6-3-7-13-26)29-15-9-8-14-28(29)32(30)27-19-17-25(18-20-27)24-10-4-2-5-11-24;1-21-18-19-28-29(20-21)31(25-17-9-13-22-10-5-6-14-24(22)25)27-16-8-7-15-26(27)30(28)23-11-3-2-4-12-23/h2*2-22H,1H3;2-20H,1H3. The molecule has 0 aliphatic rings. The first-order valence-corrected chi connectivity index (χ1v) is 33.7. The molecule has 97 heavy (non-hydrogen) atoms. The summed E-state index contributed by atoms with van der Waals surface area (Å²) < 4.78 is 0. The molecule has 0 heterocycles. The smallest absolute Gasteiger partial charge is 0.00200 e. The van der Waals surface area contributed by atoms with Crippen molar-refractivity contribution >= 4 is 75.4 Å². The second-order valence-corrected chi connectivity index (χ2v) is 25.5. The molecule has 0 aliphatic heterocycles. The number of fused-ring (bicyclic) bond motifs is 7. The molecule has 0 aliphatic carbocycles. The van der Waals surface area contributed by atoms with Crippen LogP contribution in [-0.2, 0) is 0 Å². The Morgan fingerprint density at radius 2 is 0.371 bits per heavy atom. The molecule has 0 atom stereocenters. The molecule has 0 radical (unpaired) electrons. The first kappa shape index (κ1) is 59.8. The summed E-state index contributed by atoms with van der Waals surface area (Å²) in [6.45, 7) is 6.54. The van der Waals surface area contributed by atoms with Gasteiger partial charge in [0.05, 0.1) is 0 Å². The molecule has 0 spiro atoms. The SMILES string of the molecule is Cc1ccc2c(-c3ccc(-c4ccccc4)cc3)c3ccccc3c(-c3ccccc3)c2c1.Cc1ccc2c(-c3ccccc3)c3ccc(-c4ccccc4)cc3c(-c3ccccc3)c2c1.Cc1ccc2c(-c3ccccc3)c3ccccc3c(-c3cccc4ccccc34)c2c1. The van der Waals surface area contributed by atoms with Crippen molar-refractivity contribution < 1.29 is 0 Å². The topological polar surface area (TPSA) is 0 Å². The number of hydrogen-bond donors (Lipinski definition) is 0. The van der Waals surface area contributed by atoms with Crippen molar-refractivity contribution in [2.24, 2.45) is 0 Å². The highest BCUT2D eigenvalue weighted by molar-refractivity contribution is 6.25. The van der Waals surface area contributed by atoms with Crippen LogP contribution in [0.5, 0.6) is 0 Å². The Bertz CT molecular complexity index is 5890. The zero-order valence-corrected chi connectivity index (χ0v) is 54.7. The summed E-state index contributed by atoms with van der Waals surface area (Å²) in [4.78, 5) is 0. The fourth-order valence-electron chi connectivity index (χ4n) is 14.9. The third-order valence-electron chi connectivity index (χ3n) is 19.3. The van der Waals surface area contributed by atoms with Gasteiger partial charge < -0.3 is 0 Å². The van der Waals surface area contributed by atoms with Gasteiger partial charge in [-0.3, -0.25) is 0 Å². The minimum atomic E-state index is 1.24. The number of rotatable bonds is 8. The molecule has 458 valence electrons. The van der Waals surface area contributed by atoms with Gasteiger partial charge in [-0.25, -0.2) is 0 Å². The molecule has 0 heteroatoms. The zero-order valence-electron chi connectivity index (χ0n) is 54.7. The Kier molecular flexibility index (Phi) is 16.2. The van der Waals surface area contributed by atoms with Crippen molar-refractivity contribution in [2.45, 2.75) is 20.8 Å². The summed E-state index contributed by atoms with van der Waals surface area (Å²) in [6, 6.07) is 134. The fraction of sp³-hybridized carbons (Fsp3) is 0.0309. The highest BCUT2D eigenvalue weighted by atomic mass is 14.2. The molecule has 18 rings (SSSR count). The van der Waals surface area contributed by atoms with Gasteiger partial charge in [0.25, 0.3) is 0 Å². The van der Waals surface area contributed by atoms with Crippen LogP contribution in [-0.4, -0.2) is 0 Å². The largest absolute Gasteiger partial charge is 0.0622 e. The van der Waals surface area contributed by atoms with E-state index in [0.717, 1.165) is 0 Å². The minimum absolute atomic E-state index is 1.24. The van der Waals surface area contributed by atoms with Crippen LogP contribution in [0.1, 0.15) is 16.7 Å². The first-order chi connectivity index (χ1) is 47.9. The van der Waals surface area contributed by atoms with Crippen molar-refractivity contribution in [3.05, 3.63) is 387 Å². The van der Waals surface area contributed by atoms with Gasteiger partial charge >= 0.3 is 0 Å². The lowest BCUT2D eigenvalue weighted by Gasteiger charge is -2.19. The molecular weight excluding hydrogens is 1170 g/mol. The van der Waals surface area contributed by atoms with Crippen LogP contribution in [0.3, 0.4) is 0 Å². The maximum absolute atomic E-state index is 2.38. The molecule has 18 aromatic carbocycles. The maximum atomic E-state index is 2.38. The van der Waals surface area contributed by atoms with Crippen molar-refractivity contribution in [3.8, 4) is 89.0 Å². The van der Waals surface area contributed by atoms with Crippen LogP contribution < -0.4 is 0 Å². The van der Waals surface area contributed by atoms with Gasteiger partial charge in [0.15, 0.2) is 0 Å². The fourth-order valence-corrected chi connectivity index (χ4v) is 14.9. The van der Waals surface area contributed by atoms with Crippen molar-refractivity contribution in [2.75, 3.05) is 0 Å². The van der Waals surface area contributed by atoms with E-state index in [0.29, 0.717) is 0 Å². The molecule has 18 aromatic rings. The van der Waals surface area contributed by atoms with Gasteiger partial charge in [0, 0.05) is 0 Å². The molecule has 0 saturated carbocycles. The van der Waals surface area contributed by atoms with Crippen molar-refractivity contribution in [1.82, 2.24) is 0 Å². The molecular formula is C97H70. The minimum Gasteiger partial charge on any atom is -0.0622 e. The van der Waals surface area contributed by atoms with E-state index in [4.69, 9.17) is 0 Å². The van der Waals surface area contributed by atoms with Gasteiger partial charge in [-0.2, -0.15) is 0 Å². The molecule has 0 unspecified atom stereocenters. The second-order valence-electron chi connectivity index (χ2n) is 25.5. The molecule has 0 aromatic heterocycles. The molecule has 0 fully saturated rings. The van der Waals surface area contributed by atoms with E-state index in [2.05, 4.69) is 391 Å². The quantitative estimate of drug-likeness (QED) is 0.133. The van der Waals surface area contributed by atoms with E-state index in [-0.39, 0.29) is 0 Å². The maximum Gasteiger partial charge on any atom is -0.00200 e. The van der Waals surface area contributed by atoms with Crippen LogP contribution in [0.25, 0.3) is 164 Å². The zero-order chi connectivity index (χ0) is 65.2. The lowest BCUT2D eigenvalue weighted by atomic mass is 9.84. The highest BCUT2D eigenvalue weighted by Gasteiger charge is 2.21. The average molecular weight is 1240 g/mol. The van der Waals surface area contributed by atoms with Crippen molar-refractivity contribution in [1.29, 1.82) is 0 Å². The van der Waals surface area contributed by atoms with E-state index < -0.39 is 0 Å². The van der Waals surface area contributed by atoms with Gasteiger partial charge in [0.2, 0.25) is 0 Å². The predicted octanol–water partition coefficient (Wildman–Crippen LogP) is 27.4. The van der Waals surface area contributed by atoms with Crippen LogP contribution in [0.4, 0.5) is 0 Å². The summed E-state index contributed by atoms with van der Waals surface area (Å²) in [5.74, 6) is 0. The van der Waals surface area contributed by atoms with Crippen LogP contribution in [0.2, 0.25) is 0 Å². The van der Waals surface area contributed by atoms with Crippen molar-refractivity contribution in [3.63, 3.8) is 0 Å². The van der Waals surface area contributed by atoms with Crippen LogP contribution >= 0.6 is 0 Å². The Hall–Kier alpha value is -12.2. The summed E-state index contributed by atoms with van der Waals surface area (Å²) in [7, 11) is 0. The van der Waals surface area contributed by atoms with E-state index >= 15 is 0 Å². The summed E-state index contributed by atoms with van der Waals surface area (Å²) in [6.07, 6.45) is 0. The Morgan fingerprint density at radius 3 is 0.784 bits per heavy atom. The number of benzene rings is 18. The molecule has 0 N–H and O–H groups in total. The Labute approximate surface area is 568 Å². The van der Waals surface area contributed by atoms with Gasteiger partial charge in [-0.15, -0.1) is 0 Å². The van der Waals surface area contributed by atoms with Gasteiger partial charge in [-0.05, 0) is 191 Å². The average Bonchev–Trinajstić information content (AvgIpc) is 0.747. The van der Waals surface area contributed by atoms with E-state index in [9.17, 15) is 0 Å². The Balaban J connectivity index is 0.000000114. The third kappa shape index (κ3) is 11.5. The number of hydrogen-bond acceptors (Lipinski definition) is 0. The summed E-state index contributed by atoms with van der Waals surface area (Å²) >= 11 is 0. The first-order valence-electron chi connectivity index (χ1n) is 33.7. The van der Waals surface area contributed by atoms with E-state index in [1.165, 1.54) is 181 Å². The highest BCUT2D eigenvalue weighted by Crippen LogP contribution is 2.49. The normalized spacial score (nSPS) is 11.2. The van der Waals surface area contributed by atoms with E-state index in [1.54, 1.807) is 0 Å². The molecule has 0 nitrogen and oxygen atoms in total.